The van der Waals surface area contributed by atoms with E-state index in [9.17, 15) is 47.1 Å². The summed E-state index contributed by atoms with van der Waals surface area (Å²) in [5.74, 6) is -0.299. The molecule has 4 atom stereocenters. The number of carbonyl (C=O) groups is 8. The average Bonchev–Trinajstić information content (AvgIpc) is 1.59. The van der Waals surface area contributed by atoms with Crippen LogP contribution in [0, 0.1) is 0 Å². The first-order valence-electron chi connectivity index (χ1n) is 34.1. The molecule has 0 radical (unpaired) electrons. The SMILES string of the molecule is CN(C)CCOc1ccc2c(ccc3onc(C4CCC(=O)CC4=O)c32)c1.COCCCCc1ccc2c(ccc3onc(C4CCC(=O)CC4=O)c32)c1.COc1ccc2c(ccc3onc(C4CCC(=O)CC4=O)c32)c1.O=C1CCC(c2noc3ccc4cc(OC(F)F)ccc4c23)C(=O)C1. The van der Waals surface area contributed by atoms with E-state index in [1.165, 1.54) is 17.7 Å². The maximum atomic E-state index is 12.4. The van der Waals surface area contributed by atoms with Crippen LogP contribution in [0.25, 0.3) is 87.0 Å². The van der Waals surface area contributed by atoms with Gasteiger partial charge in [-0.25, -0.2) is 0 Å². The second-order valence-electron chi connectivity index (χ2n) is 26.5. The van der Waals surface area contributed by atoms with Crippen LogP contribution in [0.1, 0.15) is 142 Å². The normalized spacial score (nSPS) is 18.2. The summed E-state index contributed by atoms with van der Waals surface area (Å²) in [5.41, 5.74) is 6.27. The van der Waals surface area contributed by atoms with Gasteiger partial charge in [0.15, 0.2) is 22.3 Å². The number of rotatable bonds is 16. The van der Waals surface area contributed by atoms with E-state index in [1.807, 2.05) is 86.9 Å². The van der Waals surface area contributed by atoms with Gasteiger partial charge in [0.2, 0.25) is 0 Å². The number of fused-ring (bicyclic) bond motifs is 12. The van der Waals surface area contributed by atoms with Crippen LogP contribution >= 0.6 is 0 Å². The summed E-state index contributed by atoms with van der Waals surface area (Å²) in [4.78, 5) is 97.4. The highest BCUT2D eigenvalue weighted by Crippen LogP contribution is 2.43. The number of nitrogens with zero attached hydrogens (tertiary/aromatic N) is 5. The quantitative estimate of drug-likeness (QED) is 0.0641. The van der Waals surface area contributed by atoms with Crippen molar-refractivity contribution in [2.24, 2.45) is 0 Å². The number of aryl methyl sites for hydroxylation is 1. The predicted molar refractivity (Wildman–Crippen MR) is 375 cm³/mol. The van der Waals surface area contributed by atoms with Crippen LogP contribution in [0.3, 0.4) is 0 Å². The fourth-order valence-corrected chi connectivity index (χ4v) is 14.2. The fraction of sp³-hybridized carbons (Fsp3) is 0.342. The largest absolute Gasteiger partial charge is 0.497 e. The van der Waals surface area contributed by atoms with Crippen LogP contribution in [-0.4, -0.2) is 126 Å². The molecule has 4 fully saturated rings. The number of ether oxygens (including phenoxy) is 4. The van der Waals surface area contributed by atoms with E-state index in [4.69, 9.17) is 32.3 Å². The van der Waals surface area contributed by atoms with Crippen molar-refractivity contribution < 1.29 is 84.2 Å². The van der Waals surface area contributed by atoms with E-state index < -0.39 is 12.5 Å². The summed E-state index contributed by atoms with van der Waals surface area (Å²) < 4.78 is 67.2. The molecule has 0 amide bonds. The molecular formula is C79H73F2N5O16. The van der Waals surface area contributed by atoms with Crippen molar-refractivity contribution in [1.29, 1.82) is 0 Å². The van der Waals surface area contributed by atoms with Gasteiger partial charge in [0.05, 0.1) is 78.0 Å². The Morgan fingerprint density at radius 2 is 0.784 bits per heavy atom. The molecule has 102 heavy (non-hydrogen) atoms. The number of alkyl halides is 2. The summed E-state index contributed by atoms with van der Waals surface area (Å²) in [6.45, 7) is -0.653. The molecular weight excluding hydrogens is 1310 g/mol. The Bertz CT molecular complexity index is 5260. The molecule has 12 aromatic rings. The van der Waals surface area contributed by atoms with Crippen LogP contribution < -0.4 is 14.2 Å². The standard InChI is InChI=1S/C22H23NO4.C21H22N2O4.C18H13F2NO4.C18H15NO4/c1-26-11-3-2-4-14-5-8-17-15(12-14)6-10-20-21(17)22(23-27-20)18-9-7-16(24)13-19(18)25;1-23(2)9-10-26-15-5-7-16-13(11-15)3-8-19-20(16)21(22-27-19)17-6-4-14(24)12-18(17)25;19-18(20)24-11-3-5-12-9(7-11)1-6-15-16(12)17(21-25-15)13-4-2-10(22)8-14(13)23;1-22-12-4-6-13-10(8-12)2-7-16-17(13)18(19-23-16)14-5-3-11(20)9-15(14)21/h5-6,8,10,12,18H,2-4,7,9,11,13H2,1H3;3,5,7-8,11,17H,4,6,9-10,12H2,1-2H3;1,3,5-7,13,18H,2,4,8H2;2,4,6-8,14H,3,5,9H2,1H3. The molecule has 4 heterocycles. The highest BCUT2D eigenvalue weighted by Gasteiger charge is 2.37. The lowest BCUT2D eigenvalue weighted by molar-refractivity contribution is -0.132. The van der Waals surface area contributed by atoms with E-state index >= 15 is 0 Å². The van der Waals surface area contributed by atoms with Gasteiger partial charge in [-0.2, -0.15) is 8.78 Å². The molecule has 8 aromatic carbocycles. The minimum absolute atomic E-state index is 0.00237. The number of hydrogen-bond acceptors (Lipinski definition) is 21. The number of unbranched alkanes of at least 4 members (excludes halogenated alkanes) is 1. The highest BCUT2D eigenvalue weighted by atomic mass is 19.3. The van der Waals surface area contributed by atoms with Gasteiger partial charge in [0.25, 0.3) is 0 Å². The molecule has 524 valence electrons. The van der Waals surface area contributed by atoms with Crippen LogP contribution in [0.2, 0.25) is 0 Å². The summed E-state index contributed by atoms with van der Waals surface area (Å²) in [5, 5.41) is 27.5. The maximum Gasteiger partial charge on any atom is 0.387 e. The minimum Gasteiger partial charge on any atom is -0.497 e. The van der Waals surface area contributed by atoms with Gasteiger partial charge in [-0.05, 0) is 187 Å². The third-order valence-corrected chi connectivity index (χ3v) is 19.4. The summed E-state index contributed by atoms with van der Waals surface area (Å²) in [6.07, 6.45) is 6.60. The van der Waals surface area contributed by atoms with Crippen molar-refractivity contribution in [3.05, 3.63) is 150 Å². The molecule has 21 nitrogen and oxygen atoms in total. The first-order chi connectivity index (χ1) is 49.4. The molecule has 4 unspecified atom stereocenters. The van der Waals surface area contributed by atoms with Gasteiger partial charge >= 0.3 is 6.61 Å². The molecule has 0 spiro atoms. The Balaban J connectivity index is 0.000000122. The average molecular weight is 1390 g/mol. The fourth-order valence-electron chi connectivity index (χ4n) is 14.2. The monoisotopic (exact) mass is 1390 g/mol. The molecule has 0 saturated heterocycles. The summed E-state index contributed by atoms with van der Waals surface area (Å²) >= 11 is 0. The topological polar surface area (TPSA) is 281 Å². The Kier molecular flexibility index (Phi) is 20.9. The number of carbonyl (C=O) groups excluding carboxylic acids is 8. The van der Waals surface area contributed by atoms with Crippen LogP contribution in [0.5, 0.6) is 17.2 Å². The number of methoxy groups -OCH3 is 2. The molecule has 0 bridgehead atoms. The van der Waals surface area contributed by atoms with Crippen molar-refractivity contribution in [3.63, 3.8) is 0 Å². The molecule has 0 aliphatic heterocycles. The zero-order chi connectivity index (χ0) is 71.3. The minimum atomic E-state index is -2.90. The van der Waals surface area contributed by atoms with E-state index in [1.54, 1.807) is 32.4 Å². The van der Waals surface area contributed by atoms with E-state index in [2.05, 4.69) is 48.5 Å². The van der Waals surface area contributed by atoms with Gasteiger partial charge in [0.1, 0.15) is 92.9 Å². The van der Waals surface area contributed by atoms with Crippen molar-refractivity contribution in [2.45, 2.75) is 127 Å². The molecule has 4 saturated carbocycles. The third kappa shape index (κ3) is 15.0. The van der Waals surface area contributed by atoms with E-state index in [-0.39, 0.29) is 95.5 Å². The van der Waals surface area contributed by atoms with Crippen LogP contribution in [-0.2, 0) is 49.5 Å². The van der Waals surface area contributed by atoms with Gasteiger partial charge in [-0.3, -0.25) is 38.4 Å². The molecule has 16 rings (SSSR count). The van der Waals surface area contributed by atoms with Crippen molar-refractivity contribution in [1.82, 2.24) is 25.5 Å². The molecule has 4 aromatic heterocycles. The zero-order valence-corrected chi connectivity index (χ0v) is 56.7. The van der Waals surface area contributed by atoms with Crippen LogP contribution in [0.4, 0.5) is 8.78 Å². The first kappa shape index (κ1) is 69.7. The number of ketones is 8. The summed E-state index contributed by atoms with van der Waals surface area (Å²) in [6, 6.07) is 37.7. The number of Topliss-reactive ketones (excluding diaryl/α,β-unsaturated/α-hetero) is 8. The van der Waals surface area contributed by atoms with Crippen LogP contribution in [0.15, 0.2) is 139 Å². The Morgan fingerprint density at radius 1 is 0.431 bits per heavy atom. The van der Waals surface area contributed by atoms with E-state index in [0.29, 0.717) is 114 Å². The number of benzene rings is 8. The van der Waals surface area contributed by atoms with Gasteiger partial charge in [0, 0.05) is 45.9 Å². The molecule has 0 N–H and O–H groups in total. The lowest BCUT2D eigenvalue weighted by Gasteiger charge is -2.18. The number of likely N-dealkylation sites (N-methyl/N-ethyl adjacent to an activating group) is 1. The van der Waals surface area contributed by atoms with Crippen molar-refractivity contribution in [2.75, 3.05) is 48.1 Å². The Morgan fingerprint density at radius 3 is 1.15 bits per heavy atom. The van der Waals surface area contributed by atoms with Gasteiger partial charge in [-0.15, -0.1) is 0 Å². The van der Waals surface area contributed by atoms with Gasteiger partial charge < -0.3 is 41.9 Å². The lowest BCUT2D eigenvalue weighted by Crippen LogP contribution is -2.23. The predicted octanol–water partition coefficient (Wildman–Crippen LogP) is 15.1. The number of aromatic nitrogens is 4. The van der Waals surface area contributed by atoms with Gasteiger partial charge in [-0.1, -0.05) is 63.1 Å². The zero-order valence-electron chi connectivity index (χ0n) is 56.7. The van der Waals surface area contributed by atoms with E-state index in [0.717, 1.165) is 97.8 Å². The first-order valence-corrected chi connectivity index (χ1v) is 34.1. The van der Waals surface area contributed by atoms with Crippen molar-refractivity contribution >= 4 is 133 Å². The Labute approximate surface area is 582 Å². The third-order valence-electron chi connectivity index (χ3n) is 19.4. The number of hydrogen-bond donors (Lipinski definition) is 0. The number of halogens is 2. The second kappa shape index (κ2) is 30.6. The smallest absolute Gasteiger partial charge is 0.387 e. The molecule has 4 aliphatic carbocycles. The molecule has 23 heteroatoms. The van der Waals surface area contributed by atoms with Crippen molar-refractivity contribution in [3.8, 4) is 17.2 Å². The Hall–Kier alpha value is -10.8. The lowest BCUT2D eigenvalue weighted by atomic mass is 9.83. The second-order valence-corrected chi connectivity index (χ2v) is 26.5. The summed E-state index contributed by atoms with van der Waals surface area (Å²) in [7, 11) is 7.37. The highest BCUT2D eigenvalue weighted by molar-refractivity contribution is 6.15. The molecule has 4 aliphatic rings. The maximum absolute atomic E-state index is 12.4.